The highest BCUT2D eigenvalue weighted by Crippen LogP contribution is 2.24. The standard InChI is InChI=1S/C10H12BrN5O2S/c1-2-12-10-9(3-7(11)4-13-10)19(17,18)16-8-5-14-15-6-8/h3-6,16H,2H2,1H3,(H,12,13)(H,14,15). The van der Waals surface area contributed by atoms with Crippen molar-refractivity contribution >= 4 is 37.5 Å². The largest absolute Gasteiger partial charge is 0.369 e. The minimum atomic E-state index is -3.72. The van der Waals surface area contributed by atoms with Crippen molar-refractivity contribution in [2.75, 3.05) is 16.6 Å². The molecular weight excluding hydrogens is 334 g/mol. The summed E-state index contributed by atoms with van der Waals surface area (Å²) in [6, 6.07) is 1.49. The van der Waals surface area contributed by atoms with Gasteiger partial charge in [0.2, 0.25) is 0 Å². The summed E-state index contributed by atoms with van der Waals surface area (Å²) in [5.41, 5.74) is 0.363. The molecule has 0 atom stereocenters. The molecule has 19 heavy (non-hydrogen) atoms. The van der Waals surface area contributed by atoms with E-state index in [1.807, 2.05) is 6.92 Å². The lowest BCUT2D eigenvalue weighted by Gasteiger charge is -2.11. The van der Waals surface area contributed by atoms with Crippen molar-refractivity contribution < 1.29 is 8.42 Å². The summed E-state index contributed by atoms with van der Waals surface area (Å²) in [4.78, 5) is 4.14. The quantitative estimate of drug-likeness (QED) is 0.767. The first-order valence-corrected chi connectivity index (χ1v) is 7.71. The van der Waals surface area contributed by atoms with Crippen molar-refractivity contribution in [2.24, 2.45) is 0 Å². The van der Waals surface area contributed by atoms with Gasteiger partial charge in [-0.05, 0) is 28.9 Å². The summed E-state index contributed by atoms with van der Waals surface area (Å²) >= 11 is 3.22. The minimum Gasteiger partial charge on any atom is -0.369 e. The molecule has 0 radical (unpaired) electrons. The van der Waals surface area contributed by atoms with Gasteiger partial charge in [-0.1, -0.05) is 0 Å². The van der Waals surface area contributed by atoms with Crippen molar-refractivity contribution in [3.8, 4) is 0 Å². The molecular formula is C10H12BrN5O2S. The van der Waals surface area contributed by atoms with Crippen molar-refractivity contribution in [3.63, 3.8) is 0 Å². The third-order valence-electron chi connectivity index (χ3n) is 2.20. The monoisotopic (exact) mass is 345 g/mol. The molecule has 0 bridgehead atoms. The van der Waals surface area contributed by atoms with Crippen molar-refractivity contribution in [2.45, 2.75) is 11.8 Å². The highest BCUT2D eigenvalue weighted by atomic mass is 79.9. The number of sulfonamides is 1. The first-order valence-electron chi connectivity index (χ1n) is 5.44. The number of hydrogen-bond donors (Lipinski definition) is 3. The Hall–Kier alpha value is -1.61. The number of nitrogens with one attached hydrogen (secondary N) is 3. The average Bonchev–Trinajstić information content (AvgIpc) is 2.83. The van der Waals surface area contributed by atoms with Crippen LogP contribution in [-0.4, -0.2) is 30.1 Å². The maximum atomic E-state index is 12.3. The van der Waals surface area contributed by atoms with Gasteiger partial charge in [-0.3, -0.25) is 9.82 Å². The molecule has 2 rings (SSSR count). The van der Waals surface area contributed by atoms with Crippen LogP contribution in [0, 0.1) is 0 Å². The Morgan fingerprint density at radius 2 is 2.21 bits per heavy atom. The summed E-state index contributed by atoms with van der Waals surface area (Å²) in [6.45, 7) is 2.44. The summed E-state index contributed by atoms with van der Waals surface area (Å²) in [7, 11) is -3.72. The summed E-state index contributed by atoms with van der Waals surface area (Å²) in [6.07, 6.45) is 4.38. The van der Waals surface area contributed by atoms with Gasteiger partial charge in [-0.15, -0.1) is 0 Å². The van der Waals surface area contributed by atoms with E-state index in [-0.39, 0.29) is 4.90 Å². The number of aromatic nitrogens is 3. The number of hydrogen-bond acceptors (Lipinski definition) is 5. The molecule has 102 valence electrons. The van der Waals surface area contributed by atoms with E-state index in [4.69, 9.17) is 0 Å². The summed E-state index contributed by atoms with van der Waals surface area (Å²) in [5, 5.41) is 9.14. The Labute approximate surface area is 119 Å². The average molecular weight is 346 g/mol. The van der Waals surface area contributed by atoms with E-state index in [1.54, 1.807) is 0 Å². The van der Waals surface area contributed by atoms with Crippen LogP contribution >= 0.6 is 15.9 Å². The molecule has 0 aromatic carbocycles. The highest BCUT2D eigenvalue weighted by molar-refractivity contribution is 9.10. The van der Waals surface area contributed by atoms with Crippen LogP contribution in [0.15, 0.2) is 34.0 Å². The van der Waals surface area contributed by atoms with E-state index in [1.165, 1.54) is 24.7 Å². The molecule has 7 nitrogen and oxygen atoms in total. The maximum absolute atomic E-state index is 12.3. The Balaban J connectivity index is 2.41. The number of halogens is 1. The van der Waals surface area contributed by atoms with Crippen molar-refractivity contribution in [3.05, 3.63) is 29.1 Å². The molecule has 0 fully saturated rings. The number of anilines is 2. The molecule has 0 aliphatic carbocycles. The smallest absolute Gasteiger partial charge is 0.265 e. The lowest BCUT2D eigenvalue weighted by molar-refractivity contribution is 0.601. The summed E-state index contributed by atoms with van der Waals surface area (Å²) in [5.74, 6) is 0.307. The SMILES string of the molecule is CCNc1ncc(Br)cc1S(=O)(=O)Nc1cn[nH]c1. The third-order valence-corrected chi connectivity index (χ3v) is 4.03. The van der Waals surface area contributed by atoms with Gasteiger partial charge in [0.15, 0.2) is 0 Å². The van der Waals surface area contributed by atoms with E-state index >= 15 is 0 Å². The van der Waals surface area contributed by atoms with Crippen LogP contribution in [0.5, 0.6) is 0 Å². The zero-order valence-electron chi connectivity index (χ0n) is 10.0. The zero-order chi connectivity index (χ0) is 13.9. The van der Waals surface area contributed by atoms with Gasteiger partial charge in [0.1, 0.15) is 10.7 Å². The lowest BCUT2D eigenvalue weighted by Crippen LogP contribution is -2.16. The molecule has 2 aromatic heterocycles. The second-order valence-corrected chi connectivity index (χ2v) is 6.19. The number of rotatable bonds is 5. The van der Waals surface area contributed by atoms with Crippen molar-refractivity contribution in [1.29, 1.82) is 0 Å². The zero-order valence-corrected chi connectivity index (χ0v) is 12.4. The predicted molar refractivity (Wildman–Crippen MR) is 75.5 cm³/mol. The Morgan fingerprint density at radius 1 is 1.42 bits per heavy atom. The normalized spacial score (nSPS) is 11.3. The van der Waals surface area contributed by atoms with Crippen LogP contribution in [0.3, 0.4) is 0 Å². The van der Waals surface area contributed by atoms with Gasteiger partial charge in [0.25, 0.3) is 10.0 Å². The molecule has 0 unspecified atom stereocenters. The molecule has 0 saturated carbocycles. The van der Waals surface area contributed by atoms with Gasteiger partial charge >= 0.3 is 0 Å². The number of aromatic amines is 1. The van der Waals surface area contributed by atoms with Crippen molar-refractivity contribution in [1.82, 2.24) is 15.2 Å². The fraction of sp³-hybridized carbons (Fsp3) is 0.200. The Morgan fingerprint density at radius 3 is 2.84 bits per heavy atom. The predicted octanol–water partition coefficient (Wildman–Crippen LogP) is 1.80. The molecule has 2 heterocycles. The maximum Gasteiger partial charge on any atom is 0.265 e. The van der Waals surface area contributed by atoms with Crippen LogP contribution < -0.4 is 10.0 Å². The van der Waals surface area contributed by atoms with E-state index in [0.29, 0.717) is 22.5 Å². The first kappa shape index (κ1) is 13.8. The number of H-pyrrole nitrogens is 1. The van der Waals surface area contributed by atoms with Gasteiger partial charge in [-0.2, -0.15) is 5.10 Å². The topological polar surface area (TPSA) is 99.8 Å². The first-order chi connectivity index (χ1) is 9.03. The van der Waals surface area contributed by atoms with Crippen LogP contribution in [0.2, 0.25) is 0 Å². The summed E-state index contributed by atoms with van der Waals surface area (Å²) < 4.78 is 27.6. The molecule has 3 N–H and O–H groups in total. The Bertz CT molecular complexity index is 657. The highest BCUT2D eigenvalue weighted by Gasteiger charge is 2.20. The van der Waals surface area contributed by atoms with E-state index in [0.717, 1.165) is 0 Å². The molecule has 0 spiro atoms. The Kier molecular flexibility index (Phi) is 4.05. The van der Waals surface area contributed by atoms with E-state index in [9.17, 15) is 8.42 Å². The van der Waals surface area contributed by atoms with Crippen LogP contribution in [0.4, 0.5) is 11.5 Å². The van der Waals surface area contributed by atoms with Gasteiger partial charge in [0, 0.05) is 23.4 Å². The van der Waals surface area contributed by atoms with E-state index in [2.05, 4.69) is 41.2 Å². The molecule has 0 amide bonds. The lowest BCUT2D eigenvalue weighted by atomic mass is 10.4. The molecule has 0 saturated heterocycles. The third kappa shape index (κ3) is 3.24. The van der Waals surface area contributed by atoms with Gasteiger partial charge in [0.05, 0.1) is 11.9 Å². The second kappa shape index (κ2) is 5.57. The second-order valence-electron chi connectivity index (χ2n) is 3.62. The van der Waals surface area contributed by atoms with Crippen LogP contribution in [0.1, 0.15) is 6.92 Å². The van der Waals surface area contributed by atoms with Gasteiger partial charge in [-0.25, -0.2) is 13.4 Å². The van der Waals surface area contributed by atoms with Gasteiger partial charge < -0.3 is 5.32 Å². The fourth-order valence-electron chi connectivity index (χ4n) is 1.44. The van der Waals surface area contributed by atoms with Crippen LogP contribution in [0.25, 0.3) is 0 Å². The molecule has 2 aromatic rings. The number of nitrogens with zero attached hydrogens (tertiary/aromatic N) is 2. The van der Waals surface area contributed by atoms with E-state index < -0.39 is 10.0 Å². The molecule has 0 aliphatic heterocycles. The molecule has 0 aliphatic rings. The minimum absolute atomic E-state index is 0.0740. The fourth-order valence-corrected chi connectivity index (χ4v) is 3.12. The number of pyridine rings is 1. The van der Waals surface area contributed by atoms with Crippen LogP contribution in [-0.2, 0) is 10.0 Å². The molecule has 9 heteroatoms.